The molecule has 3 heterocycles. The van der Waals surface area contributed by atoms with Crippen molar-refractivity contribution in [3.8, 4) is 0 Å². The van der Waals surface area contributed by atoms with Crippen molar-refractivity contribution in [3.05, 3.63) is 65.5 Å². The van der Waals surface area contributed by atoms with E-state index in [1.807, 2.05) is 6.07 Å². The van der Waals surface area contributed by atoms with E-state index in [2.05, 4.69) is 35.2 Å². The average molecular weight is 309 g/mol. The molecule has 2 aromatic rings. The zero-order valence-corrected chi connectivity index (χ0v) is 13.0. The van der Waals surface area contributed by atoms with Crippen LogP contribution in [0.3, 0.4) is 0 Å². The number of benzene rings is 2. The Morgan fingerprint density at radius 2 is 1.87 bits per heavy atom. The number of halogens is 1. The molecule has 0 unspecified atom stereocenters. The van der Waals surface area contributed by atoms with Gasteiger partial charge in [-0.25, -0.2) is 4.39 Å². The normalized spacial score (nSPS) is 31.6. The Hall–Kier alpha value is -1.87. The molecule has 0 aliphatic carbocycles. The van der Waals surface area contributed by atoms with Gasteiger partial charge in [0.25, 0.3) is 0 Å². The fraction of sp³-hybridized carbons (Fsp3) is 0.400. The highest BCUT2D eigenvalue weighted by Crippen LogP contribution is 2.54. The fourth-order valence-electron chi connectivity index (χ4n) is 4.92. The van der Waals surface area contributed by atoms with Gasteiger partial charge in [-0.3, -0.25) is 0 Å². The van der Waals surface area contributed by atoms with Gasteiger partial charge in [0.1, 0.15) is 5.82 Å². The lowest BCUT2D eigenvalue weighted by Gasteiger charge is -2.43. The van der Waals surface area contributed by atoms with Crippen molar-refractivity contribution in [2.45, 2.75) is 37.5 Å². The van der Waals surface area contributed by atoms with Crippen LogP contribution in [-0.2, 0) is 4.74 Å². The zero-order valence-electron chi connectivity index (χ0n) is 13.0. The summed E-state index contributed by atoms with van der Waals surface area (Å²) in [4.78, 5) is 2.56. The number of ether oxygens (including phenoxy) is 1. The molecule has 0 bridgehead atoms. The van der Waals surface area contributed by atoms with E-state index in [9.17, 15) is 4.39 Å². The Balaban J connectivity index is 1.65. The number of rotatable bonds is 1. The third kappa shape index (κ3) is 1.96. The third-order valence-electron chi connectivity index (χ3n) is 5.82. The van der Waals surface area contributed by atoms with Gasteiger partial charge in [0, 0.05) is 29.8 Å². The molecule has 0 aromatic heterocycles. The molecule has 4 atom stereocenters. The van der Waals surface area contributed by atoms with E-state index in [1.165, 1.54) is 17.7 Å². The maximum atomic E-state index is 13.8. The molecule has 2 aromatic carbocycles. The lowest BCUT2D eigenvalue weighted by molar-refractivity contribution is 0.0796. The van der Waals surface area contributed by atoms with Crippen LogP contribution in [0.5, 0.6) is 0 Å². The van der Waals surface area contributed by atoms with Gasteiger partial charge >= 0.3 is 0 Å². The molecule has 0 amide bonds. The van der Waals surface area contributed by atoms with Crippen molar-refractivity contribution < 1.29 is 9.13 Å². The molecular formula is C20H20FNO. The summed E-state index contributed by atoms with van der Waals surface area (Å²) in [5.74, 6) is 0.338. The highest BCUT2D eigenvalue weighted by molar-refractivity contribution is 5.61. The molecule has 2 nitrogen and oxygen atoms in total. The highest BCUT2D eigenvalue weighted by Gasteiger charge is 2.49. The smallest absolute Gasteiger partial charge is 0.123 e. The van der Waals surface area contributed by atoms with Gasteiger partial charge in [-0.2, -0.15) is 0 Å². The molecule has 23 heavy (non-hydrogen) atoms. The quantitative estimate of drug-likeness (QED) is 0.761. The van der Waals surface area contributed by atoms with Crippen LogP contribution >= 0.6 is 0 Å². The minimum absolute atomic E-state index is 0.0801. The molecule has 2 saturated heterocycles. The Kier molecular flexibility index (Phi) is 2.99. The number of fused-ring (bicyclic) bond motifs is 6. The minimum Gasteiger partial charge on any atom is -0.373 e. The lowest BCUT2D eigenvalue weighted by atomic mass is 9.83. The van der Waals surface area contributed by atoms with Crippen LogP contribution in [0.2, 0.25) is 0 Å². The zero-order chi connectivity index (χ0) is 15.4. The second-order valence-corrected chi connectivity index (χ2v) is 6.93. The molecule has 3 heteroatoms. The van der Waals surface area contributed by atoms with E-state index in [0.717, 1.165) is 25.0 Å². The first-order valence-corrected chi connectivity index (χ1v) is 8.57. The van der Waals surface area contributed by atoms with Crippen LogP contribution in [0.15, 0.2) is 48.5 Å². The van der Waals surface area contributed by atoms with Gasteiger partial charge < -0.3 is 9.64 Å². The summed E-state index contributed by atoms with van der Waals surface area (Å²) in [6.45, 7) is 0.797. The summed E-state index contributed by atoms with van der Waals surface area (Å²) < 4.78 is 19.8. The molecule has 0 N–H and O–H groups in total. The summed E-state index contributed by atoms with van der Waals surface area (Å²) in [5, 5.41) is 0. The lowest BCUT2D eigenvalue weighted by Crippen LogP contribution is -2.42. The van der Waals surface area contributed by atoms with Crippen LogP contribution in [0.1, 0.15) is 42.5 Å². The van der Waals surface area contributed by atoms with Crippen LogP contribution in [-0.4, -0.2) is 12.6 Å². The van der Waals surface area contributed by atoms with E-state index < -0.39 is 0 Å². The van der Waals surface area contributed by atoms with Gasteiger partial charge in [0.05, 0.1) is 12.1 Å². The van der Waals surface area contributed by atoms with E-state index >= 15 is 0 Å². The van der Waals surface area contributed by atoms with E-state index in [0.29, 0.717) is 18.0 Å². The second-order valence-electron chi connectivity index (χ2n) is 6.93. The molecule has 5 rings (SSSR count). The van der Waals surface area contributed by atoms with Crippen LogP contribution in [0.25, 0.3) is 0 Å². The van der Waals surface area contributed by atoms with Crippen molar-refractivity contribution in [3.63, 3.8) is 0 Å². The predicted molar refractivity (Wildman–Crippen MR) is 87.9 cm³/mol. The maximum Gasteiger partial charge on any atom is 0.123 e. The Labute approximate surface area is 135 Å². The van der Waals surface area contributed by atoms with E-state index in [4.69, 9.17) is 4.74 Å². The number of nitrogens with zero attached hydrogens (tertiary/aromatic N) is 1. The molecule has 0 saturated carbocycles. The summed E-state index contributed by atoms with van der Waals surface area (Å²) in [6.07, 6.45) is 3.52. The SMILES string of the molecule is Fc1ccc2c(c1)[C@H]1OCC[C@H]1[C@H]1CC[C@H](c3ccccc3)N21. The topological polar surface area (TPSA) is 12.5 Å². The standard InChI is InChI=1S/C20H20FNO/c21-14-6-7-19-16(12-14)20-15(10-11-23-20)18-9-8-17(22(18)19)13-4-2-1-3-5-13/h1-7,12,15,17-18,20H,8-11H2/t15-,17+,18+,20-/m0/s1. The third-order valence-corrected chi connectivity index (χ3v) is 5.82. The molecule has 2 fully saturated rings. The van der Waals surface area contributed by atoms with Crippen LogP contribution in [0.4, 0.5) is 10.1 Å². The second kappa shape index (κ2) is 5.07. The van der Waals surface area contributed by atoms with Crippen molar-refractivity contribution in [2.75, 3.05) is 11.5 Å². The van der Waals surface area contributed by atoms with Crippen LogP contribution in [0, 0.1) is 11.7 Å². The summed E-state index contributed by atoms with van der Waals surface area (Å²) in [6, 6.07) is 16.9. The van der Waals surface area contributed by atoms with Gasteiger partial charge in [-0.1, -0.05) is 30.3 Å². The Morgan fingerprint density at radius 3 is 2.74 bits per heavy atom. The highest BCUT2D eigenvalue weighted by atomic mass is 19.1. The number of hydrogen-bond acceptors (Lipinski definition) is 2. The first-order valence-electron chi connectivity index (χ1n) is 8.57. The number of hydrogen-bond donors (Lipinski definition) is 0. The molecule has 0 spiro atoms. The largest absolute Gasteiger partial charge is 0.373 e. The molecule has 0 radical (unpaired) electrons. The first-order chi connectivity index (χ1) is 11.3. The van der Waals surface area contributed by atoms with E-state index in [1.54, 1.807) is 12.1 Å². The Morgan fingerprint density at radius 1 is 1.00 bits per heavy atom. The fourth-order valence-corrected chi connectivity index (χ4v) is 4.92. The predicted octanol–water partition coefficient (Wildman–Crippen LogP) is 4.63. The van der Waals surface area contributed by atoms with Gasteiger partial charge in [-0.05, 0) is 43.0 Å². The van der Waals surface area contributed by atoms with Crippen molar-refractivity contribution in [1.29, 1.82) is 0 Å². The van der Waals surface area contributed by atoms with Gasteiger partial charge in [0.15, 0.2) is 0 Å². The van der Waals surface area contributed by atoms with Crippen molar-refractivity contribution in [2.24, 2.45) is 5.92 Å². The summed E-state index contributed by atoms with van der Waals surface area (Å²) in [7, 11) is 0. The monoisotopic (exact) mass is 309 g/mol. The van der Waals surface area contributed by atoms with Gasteiger partial charge in [0.2, 0.25) is 0 Å². The average Bonchev–Trinajstić information content (AvgIpc) is 3.22. The molecule has 118 valence electrons. The van der Waals surface area contributed by atoms with Crippen molar-refractivity contribution >= 4 is 5.69 Å². The minimum atomic E-state index is -0.160. The van der Waals surface area contributed by atoms with Crippen LogP contribution < -0.4 is 4.90 Å². The summed E-state index contributed by atoms with van der Waals surface area (Å²) >= 11 is 0. The molecular weight excluding hydrogens is 289 g/mol. The first kappa shape index (κ1) is 13.6. The van der Waals surface area contributed by atoms with Crippen molar-refractivity contribution in [1.82, 2.24) is 0 Å². The van der Waals surface area contributed by atoms with Gasteiger partial charge in [-0.15, -0.1) is 0 Å². The summed E-state index contributed by atoms with van der Waals surface area (Å²) in [5.41, 5.74) is 3.58. The maximum absolute atomic E-state index is 13.8. The molecule has 3 aliphatic heterocycles. The number of anilines is 1. The molecule has 3 aliphatic rings. The van der Waals surface area contributed by atoms with E-state index in [-0.39, 0.29) is 11.9 Å². The Bertz CT molecular complexity index is 732.